The largest absolute Gasteiger partial charge is 0.494 e. The lowest BCUT2D eigenvalue weighted by atomic mass is 10.2. The highest BCUT2D eigenvalue weighted by Crippen LogP contribution is 2.22. The third kappa shape index (κ3) is 5.18. The number of para-hydroxylation sites is 1. The number of benzene rings is 3. The van der Waals surface area contributed by atoms with Crippen molar-refractivity contribution < 1.29 is 9.53 Å². The van der Waals surface area contributed by atoms with Crippen LogP contribution in [0.1, 0.15) is 34.8 Å². The summed E-state index contributed by atoms with van der Waals surface area (Å²) in [6, 6.07) is 23.0. The van der Waals surface area contributed by atoms with Crippen molar-refractivity contribution in [2.75, 3.05) is 6.61 Å². The van der Waals surface area contributed by atoms with Crippen molar-refractivity contribution in [2.45, 2.75) is 19.9 Å². The Morgan fingerprint density at radius 3 is 2.56 bits per heavy atom. The van der Waals surface area contributed by atoms with Crippen molar-refractivity contribution in [2.24, 2.45) is 5.10 Å². The van der Waals surface area contributed by atoms with Gasteiger partial charge in [0.2, 0.25) is 0 Å². The summed E-state index contributed by atoms with van der Waals surface area (Å²) in [6.07, 6.45) is 4.65. The number of rotatable bonds is 8. The molecule has 162 valence electrons. The standard InChI is InChI=1S/C26H24ClN3O2/c1-2-15-32-23-13-9-20(10-14-23)26(31)29-28-16-21-18-30(25-6-4-3-5-24(21)25)17-19-7-11-22(27)12-8-19/h3-14,16,18H,2,15,17H2,1H3,(H,29,31)/b28-16+. The average Bonchev–Trinajstić information content (AvgIpc) is 3.17. The molecule has 0 bridgehead atoms. The first kappa shape index (κ1) is 21.7. The highest BCUT2D eigenvalue weighted by molar-refractivity contribution is 6.30. The number of ether oxygens (including phenoxy) is 1. The minimum atomic E-state index is -0.270. The van der Waals surface area contributed by atoms with Crippen LogP contribution in [0.2, 0.25) is 5.02 Å². The summed E-state index contributed by atoms with van der Waals surface area (Å²) in [5, 5.41) is 5.97. The van der Waals surface area contributed by atoms with Crippen molar-refractivity contribution in [3.63, 3.8) is 0 Å². The summed E-state index contributed by atoms with van der Waals surface area (Å²) in [7, 11) is 0. The first-order valence-electron chi connectivity index (χ1n) is 10.5. The van der Waals surface area contributed by atoms with E-state index in [0.717, 1.165) is 39.2 Å². The van der Waals surface area contributed by atoms with Crippen molar-refractivity contribution in [3.8, 4) is 5.75 Å². The molecule has 0 aliphatic heterocycles. The predicted octanol–water partition coefficient (Wildman–Crippen LogP) is 5.90. The zero-order valence-corrected chi connectivity index (χ0v) is 18.5. The van der Waals surface area contributed by atoms with Gasteiger partial charge < -0.3 is 9.30 Å². The second-order valence-electron chi connectivity index (χ2n) is 7.43. The number of carbonyl (C=O) groups excluding carboxylic acids is 1. The van der Waals surface area contributed by atoms with E-state index < -0.39 is 0 Å². The van der Waals surface area contributed by atoms with Crippen LogP contribution in [0.4, 0.5) is 0 Å². The van der Waals surface area contributed by atoms with Gasteiger partial charge in [0.15, 0.2) is 0 Å². The predicted molar refractivity (Wildman–Crippen MR) is 130 cm³/mol. The number of aromatic nitrogens is 1. The maximum absolute atomic E-state index is 12.4. The molecule has 1 heterocycles. The average molecular weight is 446 g/mol. The fraction of sp³-hybridized carbons (Fsp3) is 0.154. The molecular weight excluding hydrogens is 422 g/mol. The van der Waals surface area contributed by atoms with Gasteiger partial charge in [0.25, 0.3) is 5.91 Å². The van der Waals surface area contributed by atoms with E-state index in [0.29, 0.717) is 18.7 Å². The van der Waals surface area contributed by atoms with E-state index in [4.69, 9.17) is 16.3 Å². The molecule has 0 aliphatic rings. The fourth-order valence-corrected chi connectivity index (χ4v) is 3.57. The zero-order chi connectivity index (χ0) is 22.3. The van der Waals surface area contributed by atoms with E-state index in [1.54, 1.807) is 30.5 Å². The molecule has 0 atom stereocenters. The summed E-state index contributed by atoms with van der Waals surface area (Å²) in [5.74, 6) is 0.480. The number of nitrogens with one attached hydrogen (secondary N) is 1. The molecule has 1 amide bonds. The summed E-state index contributed by atoms with van der Waals surface area (Å²) < 4.78 is 7.71. The lowest BCUT2D eigenvalue weighted by Gasteiger charge is -2.05. The molecule has 32 heavy (non-hydrogen) atoms. The van der Waals surface area contributed by atoms with E-state index in [9.17, 15) is 4.79 Å². The molecule has 0 fully saturated rings. The van der Waals surface area contributed by atoms with Crippen LogP contribution in [0, 0.1) is 0 Å². The maximum Gasteiger partial charge on any atom is 0.271 e. The molecule has 5 nitrogen and oxygen atoms in total. The van der Waals surface area contributed by atoms with Crippen LogP contribution in [0.15, 0.2) is 84.1 Å². The molecule has 0 aliphatic carbocycles. The molecule has 6 heteroatoms. The van der Waals surface area contributed by atoms with Gasteiger partial charge in [-0.3, -0.25) is 4.79 Å². The topological polar surface area (TPSA) is 55.6 Å². The Labute approximate surface area is 192 Å². The Morgan fingerprint density at radius 2 is 1.81 bits per heavy atom. The third-order valence-electron chi connectivity index (χ3n) is 5.04. The van der Waals surface area contributed by atoms with Crippen molar-refractivity contribution in [1.29, 1.82) is 0 Å². The van der Waals surface area contributed by atoms with Crippen molar-refractivity contribution in [1.82, 2.24) is 9.99 Å². The number of hydrogen-bond donors (Lipinski definition) is 1. The van der Waals surface area contributed by atoms with Gasteiger partial charge >= 0.3 is 0 Å². The van der Waals surface area contributed by atoms with Gasteiger partial charge in [-0.1, -0.05) is 48.9 Å². The number of halogens is 1. The highest BCUT2D eigenvalue weighted by Gasteiger charge is 2.08. The van der Waals surface area contributed by atoms with Crippen LogP contribution < -0.4 is 10.2 Å². The Bertz CT molecular complexity index is 1230. The van der Waals surface area contributed by atoms with Crippen LogP contribution in [-0.4, -0.2) is 23.3 Å². The van der Waals surface area contributed by atoms with Gasteiger partial charge in [0.1, 0.15) is 5.75 Å². The van der Waals surface area contributed by atoms with Gasteiger partial charge in [0.05, 0.1) is 12.8 Å². The molecule has 0 unspecified atom stereocenters. The number of amides is 1. The minimum Gasteiger partial charge on any atom is -0.494 e. The molecule has 0 radical (unpaired) electrons. The summed E-state index contributed by atoms with van der Waals surface area (Å²) >= 11 is 6.00. The Kier molecular flexibility index (Phi) is 6.87. The molecule has 0 spiro atoms. The molecule has 3 aromatic carbocycles. The van der Waals surface area contributed by atoms with Gasteiger partial charge in [-0.05, 0) is 54.4 Å². The third-order valence-corrected chi connectivity index (χ3v) is 5.30. The molecule has 1 N–H and O–H groups in total. The van der Waals surface area contributed by atoms with E-state index in [2.05, 4.69) is 28.1 Å². The monoisotopic (exact) mass is 445 g/mol. The van der Waals surface area contributed by atoms with Crippen LogP contribution in [0.5, 0.6) is 5.75 Å². The molecule has 0 saturated carbocycles. The van der Waals surface area contributed by atoms with Crippen LogP contribution in [0.3, 0.4) is 0 Å². The zero-order valence-electron chi connectivity index (χ0n) is 17.8. The first-order chi connectivity index (χ1) is 15.6. The Balaban J connectivity index is 1.47. The van der Waals surface area contributed by atoms with E-state index in [-0.39, 0.29) is 5.91 Å². The van der Waals surface area contributed by atoms with Crippen molar-refractivity contribution >= 4 is 34.6 Å². The van der Waals surface area contributed by atoms with Crippen LogP contribution in [0.25, 0.3) is 10.9 Å². The molecular formula is C26H24ClN3O2. The quantitative estimate of drug-likeness (QED) is 0.271. The van der Waals surface area contributed by atoms with Crippen LogP contribution >= 0.6 is 11.6 Å². The fourth-order valence-electron chi connectivity index (χ4n) is 3.44. The Morgan fingerprint density at radius 1 is 1.06 bits per heavy atom. The summed E-state index contributed by atoms with van der Waals surface area (Å²) in [4.78, 5) is 12.4. The van der Waals surface area contributed by atoms with E-state index in [1.165, 1.54) is 0 Å². The number of fused-ring (bicyclic) bond motifs is 1. The molecule has 4 rings (SSSR count). The molecule has 1 aromatic heterocycles. The SMILES string of the molecule is CCCOc1ccc(C(=O)N/N=C/c2cn(Cc3ccc(Cl)cc3)c3ccccc23)cc1. The summed E-state index contributed by atoms with van der Waals surface area (Å²) in [5.41, 5.74) is 6.31. The second-order valence-corrected chi connectivity index (χ2v) is 7.86. The van der Waals surface area contributed by atoms with E-state index in [1.807, 2.05) is 48.7 Å². The highest BCUT2D eigenvalue weighted by atomic mass is 35.5. The van der Waals surface area contributed by atoms with Gasteiger partial charge in [-0.2, -0.15) is 5.10 Å². The maximum atomic E-state index is 12.4. The van der Waals surface area contributed by atoms with E-state index >= 15 is 0 Å². The van der Waals surface area contributed by atoms with Gasteiger partial charge in [-0.25, -0.2) is 5.43 Å². The Hall–Kier alpha value is -3.57. The first-order valence-corrected chi connectivity index (χ1v) is 10.9. The molecule has 0 saturated heterocycles. The van der Waals surface area contributed by atoms with Crippen molar-refractivity contribution in [3.05, 3.63) is 101 Å². The number of hydrazone groups is 1. The van der Waals surface area contributed by atoms with Crippen LogP contribution in [-0.2, 0) is 6.54 Å². The summed E-state index contributed by atoms with van der Waals surface area (Å²) in [6.45, 7) is 3.42. The van der Waals surface area contributed by atoms with Gasteiger partial charge in [0, 0.05) is 39.8 Å². The second kappa shape index (κ2) is 10.2. The lowest BCUT2D eigenvalue weighted by Crippen LogP contribution is -2.17. The number of nitrogens with zero attached hydrogens (tertiary/aromatic N) is 2. The van der Waals surface area contributed by atoms with Gasteiger partial charge in [-0.15, -0.1) is 0 Å². The lowest BCUT2D eigenvalue weighted by molar-refractivity contribution is 0.0955. The smallest absolute Gasteiger partial charge is 0.271 e. The minimum absolute atomic E-state index is 0.270. The number of carbonyl (C=O) groups is 1. The normalized spacial score (nSPS) is 11.2. The number of hydrogen-bond acceptors (Lipinski definition) is 3. The molecule has 4 aromatic rings.